The number of rotatable bonds is 4. The second-order valence-electron chi connectivity index (χ2n) is 3.94. The Kier molecular flexibility index (Phi) is 3.49. The average molecular weight is 232 g/mol. The highest BCUT2D eigenvalue weighted by atomic mass is 16.3. The van der Waals surface area contributed by atoms with E-state index in [1.54, 1.807) is 17.1 Å². The Morgan fingerprint density at radius 1 is 1.47 bits per heavy atom. The fraction of sp³-hybridized carbons (Fsp3) is 0.417. The number of pyridine rings is 1. The van der Waals surface area contributed by atoms with Crippen LogP contribution in [0.5, 0.6) is 0 Å². The minimum absolute atomic E-state index is 0.471. The van der Waals surface area contributed by atoms with Gasteiger partial charge in [0.1, 0.15) is 12.2 Å². The molecule has 2 heterocycles. The summed E-state index contributed by atoms with van der Waals surface area (Å²) in [6.07, 6.45) is 4.87. The first-order valence-corrected chi connectivity index (χ1v) is 5.67. The molecule has 5 heteroatoms. The van der Waals surface area contributed by atoms with Gasteiger partial charge in [-0.15, -0.1) is 0 Å². The number of hydrogen-bond acceptors (Lipinski definition) is 4. The maximum Gasteiger partial charge on any atom is 0.138 e. The third-order valence-corrected chi connectivity index (χ3v) is 2.79. The van der Waals surface area contributed by atoms with Gasteiger partial charge in [0.05, 0.1) is 6.10 Å². The van der Waals surface area contributed by atoms with Crippen molar-refractivity contribution >= 4 is 0 Å². The fourth-order valence-corrected chi connectivity index (χ4v) is 1.85. The molecule has 2 rings (SSSR count). The lowest BCUT2D eigenvalue weighted by molar-refractivity contribution is 0.173. The predicted molar refractivity (Wildman–Crippen MR) is 63.3 cm³/mol. The van der Waals surface area contributed by atoms with E-state index in [0.29, 0.717) is 6.42 Å². The Balaban J connectivity index is 2.17. The van der Waals surface area contributed by atoms with Crippen LogP contribution < -0.4 is 0 Å². The van der Waals surface area contributed by atoms with Gasteiger partial charge in [-0.2, -0.15) is 5.10 Å². The number of hydrogen-bond donors (Lipinski definition) is 1. The van der Waals surface area contributed by atoms with Crippen LogP contribution in [-0.2, 0) is 13.0 Å². The van der Waals surface area contributed by atoms with Gasteiger partial charge < -0.3 is 5.11 Å². The lowest BCUT2D eigenvalue weighted by Crippen LogP contribution is -2.10. The molecule has 0 radical (unpaired) electrons. The third kappa shape index (κ3) is 2.50. The van der Waals surface area contributed by atoms with Crippen LogP contribution in [0.2, 0.25) is 0 Å². The summed E-state index contributed by atoms with van der Waals surface area (Å²) in [6.45, 7) is 4.70. The van der Waals surface area contributed by atoms with Crippen LogP contribution in [0, 0.1) is 6.92 Å². The van der Waals surface area contributed by atoms with Crippen molar-refractivity contribution < 1.29 is 5.11 Å². The zero-order valence-electron chi connectivity index (χ0n) is 10.0. The minimum Gasteiger partial charge on any atom is -0.388 e. The summed E-state index contributed by atoms with van der Waals surface area (Å²) in [5, 5.41) is 14.3. The molecule has 0 amide bonds. The predicted octanol–water partition coefficient (Wildman–Crippen LogP) is 1.28. The van der Waals surface area contributed by atoms with E-state index in [9.17, 15) is 5.11 Å². The van der Waals surface area contributed by atoms with Gasteiger partial charge in [-0.3, -0.25) is 9.67 Å². The molecule has 1 atom stereocenters. The summed E-state index contributed by atoms with van der Waals surface area (Å²) < 4.78 is 1.79. The van der Waals surface area contributed by atoms with Gasteiger partial charge in [-0.25, -0.2) is 4.98 Å². The summed E-state index contributed by atoms with van der Waals surface area (Å²) in [4.78, 5) is 8.17. The molecule has 0 aliphatic heterocycles. The van der Waals surface area contributed by atoms with E-state index >= 15 is 0 Å². The van der Waals surface area contributed by atoms with Crippen LogP contribution in [0.3, 0.4) is 0 Å². The molecule has 1 unspecified atom stereocenters. The highest BCUT2D eigenvalue weighted by Gasteiger charge is 2.14. The quantitative estimate of drug-likeness (QED) is 0.862. The monoisotopic (exact) mass is 232 g/mol. The van der Waals surface area contributed by atoms with E-state index in [2.05, 4.69) is 15.1 Å². The van der Waals surface area contributed by atoms with Gasteiger partial charge >= 0.3 is 0 Å². The number of aliphatic hydroxyl groups excluding tert-OH is 1. The van der Waals surface area contributed by atoms with Crippen LogP contribution in [0.25, 0.3) is 0 Å². The smallest absolute Gasteiger partial charge is 0.138 e. The SMILES string of the molecule is CCn1ncnc1CC(O)c1ccncc1C. The van der Waals surface area contributed by atoms with Crippen molar-refractivity contribution in [2.45, 2.75) is 32.9 Å². The van der Waals surface area contributed by atoms with Crippen molar-refractivity contribution in [1.29, 1.82) is 0 Å². The standard InChI is InChI=1S/C12H16N4O/c1-3-16-12(14-8-15-16)6-11(17)10-4-5-13-7-9(10)2/h4-5,7-8,11,17H,3,6H2,1-2H3. The van der Waals surface area contributed by atoms with Gasteiger partial charge in [0, 0.05) is 25.4 Å². The van der Waals surface area contributed by atoms with Crippen molar-refractivity contribution in [3.63, 3.8) is 0 Å². The molecular weight excluding hydrogens is 216 g/mol. The van der Waals surface area contributed by atoms with Gasteiger partial charge in [-0.05, 0) is 31.0 Å². The molecule has 0 saturated carbocycles. The van der Waals surface area contributed by atoms with Gasteiger partial charge in [0.15, 0.2) is 0 Å². The Labute approximate surface area is 100 Å². The Morgan fingerprint density at radius 2 is 2.29 bits per heavy atom. The summed E-state index contributed by atoms with van der Waals surface area (Å²) in [5.74, 6) is 0.802. The largest absolute Gasteiger partial charge is 0.388 e. The molecule has 0 spiro atoms. The van der Waals surface area contributed by atoms with Crippen molar-refractivity contribution in [3.8, 4) is 0 Å². The first kappa shape index (κ1) is 11.7. The maximum absolute atomic E-state index is 10.2. The number of aliphatic hydroxyl groups is 1. The molecule has 0 aliphatic carbocycles. The molecule has 90 valence electrons. The molecule has 5 nitrogen and oxygen atoms in total. The number of aryl methyl sites for hydroxylation is 2. The van der Waals surface area contributed by atoms with Crippen molar-refractivity contribution in [2.75, 3.05) is 0 Å². The zero-order valence-corrected chi connectivity index (χ0v) is 10.0. The molecule has 0 aliphatic rings. The number of nitrogens with zero attached hydrogens (tertiary/aromatic N) is 4. The van der Waals surface area contributed by atoms with E-state index < -0.39 is 6.10 Å². The molecule has 0 bridgehead atoms. The Morgan fingerprint density at radius 3 is 3.00 bits per heavy atom. The molecular formula is C12H16N4O. The van der Waals surface area contributed by atoms with Crippen LogP contribution >= 0.6 is 0 Å². The van der Waals surface area contributed by atoms with Crippen molar-refractivity contribution in [1.82, 2.24) is 19.7 Å². The van der Waals surface area contributed by atoms with E-state index in [4.69, 9.17) is 0 Å². The molecule has 17 heavy (non-hydrogen) atoms. The molecule has 2 aromatic heterocycles. The summed E-state index contributed by atoms with van der Waals surface area (Å²) in [6, 6.07) is 1.84. The Hall–Kier alpha value is -1.75. The normalized spacial score (nSPS) is 12.6. The van der Waals surface area contributed by atoms with Crippen LogP contribution in [-0.4, -0.2) is 24.9 Å². The van der Waals surface area contributed by atoms with Gasteiger partial charge in [0.2, 0.25) is 0 Å². The second-order valence-corrected chi connectivity index (χ2v) is 3.94. The summed E-state index contributed by atoms with van der Waals surface area (Å²) in [5.41, 5.74) is 1.88. The lowest BCUT2D eigenvalue weighted by atomic mass is 10.0. The zero-order chi connectivity index (χ0) is 12.3. The van der Waals surface area contributed by atoms with E-state index in [0.717, 1.165) is 23.5 Å². The average Bonchev–Trinajstić information content (AvgIpc) is 2.76. The van der Waals surface area contributed by atoms with Crippen molar-refractivity contribution in [3.05, 3.63) is 41.7 Å². The van der Waals surface area contributed by atoms with Crippen molar-refractivity contribution in [2.24, 2.45) is 0 Å². The summed E-state index contributed by atoms with van der Waals surface area (Å²) in [7, 11) is 0. The Bertz CT molecular complexity index is 495. The van der Waals surface area contributed by atoms with E-state index in [1.165, 1.54) is 6.33 Å². The second kappa shape index (κ2) is 5.05. The van der Waals surface area contributed by atoms with Crippen LogP contribution in [0.4, 0.5) is 0 Å². The minimum atomic E-state index is -0.563. The maximum atomic E-state index is 10.2. The fourth-order valence-electron chi connectivity index (χ4n) is 1.85. The molecule has 1 N–H and O–H groups in total. The number of aromatic nitrogens is 4. The first-order valence-electron chi connectivity index (χ1n) is 5.67. The lowest BCUT2D eigenvalue weighted by Gasteiger charge is -2.13. The third-order valence-electron chi connectivity index (χ3n) is 2.79. The highest BCUT2D eigenvalue weighted by molar-refractivity contribution is 5.24. The van der Waals surface area contributed by atoms with Gasteiger partial charge in [0.25, 0.3) is 0 Å². The molecule has 0 saturated heterocycles. The molecule has 0 aromatic carbocycles. The topological polar surface area (TPSA) is 63.8 Å². The highest BCUT2D eigenvalue weighted by Crippen LogP contribution is 2.19. The van der Waals surface area contributed by atoms with Crippen LogP contribution in [0.1, 0.15) is 30.0 Å². The van der Waals surface area contributed by atoms with E-state index in [1.807, 2.05) is 19.9 Å². The van der Waals surface area contributed by atoms with Crippen LogP contribution in [0.15, 0.2) is 24.8 Å². The first-order chi connectivity index (χ1) is 8.22. The summed E-state index contributed by atoms with van der Waals surface area (Å²) >= 11 is 0. The molecule has 0 fully saturated rings. The molecule has 2 aromatic rings. The van der Waals surface area contributed by atoms with E-state index in [-0.39, 0.29) is 0 Å². The van der Waals surface area contributed by atoms with Gasteiger partial charge in [-0.1, -0.05) is 0 Å².